The van der Waals surface area contributed by atoms with Crippen molar-refractivity contribution in [1.82, 2.24) is 0 Å². The average molecular weight is 271 g/mol. The Labute approximate surface area is 107 Å². The third-order valence-corrected chi connectivity index (χ3v) is 3.94. The summed E-state index contributed by atoms with van der Waals surface area (Å²) in [6.07, 6.45) is 1.14. The Morgan fingerprint density at radius 2 is 1.72 bits per heavy atom. The SMILES string of the molecule is CC(Nc1ccc(S(C)(=O)=O)cc1)C(C)C(=O)O. The molecule has 100 valence electrons. The highest BCUT2D eigenvalue weighted by atomic mass is 32.2. The zero-order valence-corrected chi connectivity index (χ0v) is 11.4. The summed E-state index contributed by atoms with van der Waals surface area (Å²) in [5, 5.41) is 11.9. The quantitative estimate of drug-likeness (QED) is 0.850. The summed E-state index contributed by atoms with van der Waals surface area (Å²) in [7, 11) is -3.20. The number of sulfone groups is 1. The molecular weight excluding hydrogens is 254 g/mol. The lowest BCUT2D eigenvalue weighted by Crippen LogP contribution is -2.29. The molecule has 0 saturated heterocycles. The maximum Gasteiger partial charge on any atom is 0.308 e. The number of carboxylic acids is 1. The van der Waals surface area contributed by atoms with E-state index in [9.17, 15) is 13.2 Å². The summed E-state index contributed by atoms with van der Waals surface area (Å²) < 4.78 is 22.5. The van der Waals surface area contributed by atoms with Crippen LogP contribution in [-0.2, 0) is 14.6 Å². The monoisotopic (exact) mass is 271 g/mol. The number of carboxylic acid groups (broad SMARTS) is 1. The highest BCUT2D eigenvalue weighted by Crippen LogP contribution is 2.16. The second-order valence-corrected chi connectivity index (χ2v) is 6.37. The molecule has 0 saturated carbocycles. The molecule has 0 heterocycles. The second-order valence-electron chi connectivity index (χ2n) is 4.36. The number of anilines is 1. The molecule has 0 fully saturated rings. The molecule has 0 aromatic heterocycles. The van der Waals surface area contributed by atoms with Crippen LogP contribution in [0.5, 0.6) is 0 Å². The van der Waals surface area contributed by atoms with E-state index in [0.29, 0.717) is 5.69 Å². The van der Waals surface area contributed by atoms with E-state index in [4.69, 9.17) is 5.11 Å². The van der Waals surface area contributed by atoms with Gasteiger partial charge in [-0.3, -0.25) is 4.79 Å². The van der Waals surface area contributed by atoms with Crippen molar-refractivity contribution in [2.24, 2.45) is 5.92 Å². The third kappa shape index (κ3) is 3.73. The van der Waals surface area contributed by atoms with Gasteiger partial charge in [0.15, 0.2) is 9.84 Å². The summed E-state index contributed by atoms with van der Waals surface area (Å²) in [5.74, 6) is -1.40. The van der Waals surface area contributed by atoms with Crippen molar-refractivity contribution in [1.29, 1.82) is 0 Å². The second kappa shape index (κ2) is 5.39. The molecule has 2 N–H and O–H groups in total. The zero-order valence-electron chi connectivity index (χ0n) is 10.5. The molecule has 5 nitrogen and oxygen atoms in total. The minimum absolute atomic E-state index is 0.243. The molecule has 0 aliphatic carbocycles. The molecule has 2 unspecified atom stereocenters. The van der Waals surface area contributed by atoms with E-state index in [2.05, 4.69) is 5.32 Å². The highest BCUT2D eigenvalue weighted by molar-refractivity contribution is 7.90. The Balaban J connectivity index is 2.79. The number of benzene rings is 1. The maximum atomic E-state index is 11.3. The van der Waals surface area contributed by atoms with Gasteiger partial charge in [-0.1, -0.05) is 0 Å². The minimum atomic E-state index is -3.20. The lowest BCUT2D eigenvalue weighted by molar-refractivity contribution is -0.141. The molecule has 18 heavy (non-hydrogen) atoms. The lowest BCUT2D eigenvalue weighted by Gasteiger charge is -2.19. The highest BCUT2D eigenvalue weighted by Gasteiger charge is 2.19. The van der Waals surface area contributed by atoms with Gasteiger partial charge in [-0.25, -0.2) is 8.42 Å². The number of hydrogen-bond donors (Lipinski definition) is 2. The van der Waals surface area contributed by atoms with Gasteiger partial charge in [-0.15, -0.1) is 0 Å². The van der Waals surface area contributed by atoms with Gasteiger partial charge in [0, 0.05) is 18.0 Å². The van der Waals surface area contributed by atoms with Crippen LogP contribution in [0.15, 0.2) is 29.2 Å². The molecule has 2 atom stereocenters. The van der Waals surface area contributed by atoms with Crippen LogP contribution in [0, 0.1) is 5.92 Å². The van der Waals surface area contributed by atoms with Gasteiger partial charge in [0.05, 0.1) is 10.8 Å². The van der Waals surface area contributed by atoms with Crippen LogP contribution in [0.4, 0.5) is 5.69 Å². The van der Waals surface area contributed by atoms with E-state index >= 15 is 0 Å². The van der Waals surface area contributed by atoms with Gasteiger partial charge in [-0.05, 0) is 38.1 Å². The van der Waals surface area contributed by atoms with Gasteiger partial charge in [-0.2, -0.15) is 0 Å². The van der Waals surface area contributed by atoms with E-state index in [-0.39, 0.29) is 10.9 Å². The van der Waals surface area contributed by atoms with Crippen LogP contribution >= 0.6 is 0 Å². The third-order valence-electron chi connectivity index (χ3n) is 2.82. The summed E-state index contributed by atoms with van der Waals surface area (Å²) in [5.41, 5.74) is 0.697. The van der Waals surface area contributed by atoms with Gasteiger partial charge in [0.1, 0.15) is 0 Å². The smallest absolute Gasteiger partial charge is 0.308 e. The predicted octanol–water partition coefficient (Wildman–Crippen LogP) is 1.61. The van der Waals surface area contributed by atoms with Crippen LogP contribution in [0.2, 0.25) is 0 Å². The molecule has 0 aliphatic rings. The van der Waals surface area contributed by atoms with E-state index in [1.54, 1.807) is 26.0 Å². The molecule has 1 aromatic rings. The van der Waals surface area contributed by atoms with Crippen molar-refractivity contribution < 1.29 is 18.3 Å². The summed E-state index contributed by atoms with van der Waals surface area (Å²) in [6.45, 7) is 3.38. The summed E-state index contributed by atoms with van der Waals surface area (Å²) in [4.78, 5) is 11.0. The van der Waals surface area contributed by atoms with E-state index in [1.165, 1.54) is 12.1 Å². The van der Waals surface area contributed by atoms with E-state index in [1.807, 2.05) is 0 Å². The first-order valence-corrected chi connectivity index (χ1v) is 7.40. The van der Waals surface area contributed by atoms with Gasteiger partial charge in [0.25, 0.3) is 0 Å². The molecule has 6 heteroatoms. The number of nitrogens with one attached hydrogen (secondary N) is 1. The Morgan fingerprint density at radius 3 is 2.11 bits per heavy atom. The summed E-state index contributed by atoms with van der Waals surface area (Å²) >= 11 is 0. The average Bonchev–Trinajstić information content (AvgIpc) is 2.27. The van der Waals surface area contributed by atoms with Crippen molar-refractivity contribution in [2.75, 3.05) is 11.6 Å². The Hall–Kier alpha value is -1.56. The van der Waals surface area contributed by atoms with Crippen LogP contribution in [0.1, 0.15) is 13.8 Å². The number of hydrogen-bond acceptors (Lipinski definition) is 4. The Kier molecular flexibility index (Phi) is 4.34. The van der Waals surface area contributed by atoms with Crippen molar-refractivity contribution in [3.63, 3.8) is 0 Å². The molecule has 0 bridgehead atoms. The Morgan fingerprint density at radius 1 is 1.22 bits per heavy atom. The van der Waals surface area contributed by atoms with Crippen molar-refractivity contribution in [3.8, 4) is 0 Å². The normalized spacial score (nSPS) is 14.8. The molecule has 0 aliphatic heterocycles. The largest absolute Gasteiger partial charge is 0.481 e. The fraction of sp³-hybridized carbons (Fsp3) is 0.417. The lowest BCUT2D eigenvalue weighted by atomic mass is 10.0. The van der Waals surface area contributed by atoms with E-state index < -0.39 is 21.7 Å². The predicted molar refractivity (Wildman–Crippen MR) is 69.4 cm³/mol. The molecule has 0 radical (unpaired) electrons. The molecule has 1 rings (SSSR count). The van der Waals surface area contributed by atoms with Gasteiger partial charge >= 0.3 is 5.97 Å². The van der Waals surface area contributed by atoms with Gasteiger partial charge in [0.2, 0.25) is 0 Å². The zero-order chi connectivity index (χ0) is 13.9. The molecule has 0 amide bonds. The number of rotatable bonds is 5. The molecule has 0 spiro atoms. The van der Waals surface area contributed by atoms with E-state index in [0.717, 1.165) is 6.26 Å². The number of carbonyl (C=O) groups is 1. The van der Waals surface area contributed by atoms with Crippen LogP contribution in [-0.4, -0.2) is 31.8 Å². The first kappa shape index (κ1) is 14.5. The first-order chi connectivity index (χ1) is 8.21. The van der Waals surface area contributed by atoms with Crippen LogP contribution in [0.25, 0.3) is 0 Å². The van der Waals surface area contributed by atoms with Crippen molar-refractivity contribution in [3.05, 3.63) is 24.3 Å². The van der Waals surface area contributed by atoms with Crippen molar-refractivity contribution in [2.45, 2.75) is 24.8 Å². The fourth-order valence-corrected chi connectivity index (χ4v) is 2.03. The maximum absolute atomic E-state index is 11.3. The standard InChI is InChI=1S/C12H17NO4S/c1-8(12(14)15)9(2)13-10-4-6-11(7-5-10)18(3,16)17/h4-9,13H,1-3H3,(H,14,15). The first-order valence-electron chi connectivity index (χ1n) is 5.51. The topological polar surface area (TPSA) is 83.5 Å². The number of aliphatic carboxylic acids is 1. The molecule has 1 aromatic carbocycles. The van der Waals surface area contributed by atoms with Crippen LogP contribution < -0.4 is 5.32 Å². The molecular formula is C12H17NO4S. The van der Waals surface area contributed by atoms with Crippen molar-refractivity contribution >= 4 is 21.5 Å². The van der Waals surface area contributed by atoms with Crippen LogP contribution in [0.3, 0.4) is 0 Å². The fourth-order valence-electron chi connectivity index (χ4n) is 1.40. The van der Waals surface area contributed by atoms with Gasteiger partial charge < -0.3 is 10.4 Å². The minimum Gasteiger partial charge on any atom is -0.481 e. The summed E-state index contributed by atoms with van der Waals surface area (Å²) in [6, 6.07) is 6.00. The Bertz CT molecular complexity index is 522.